The summed E-state index contributed by atoms with van der Waals surface area (Å²) in [4.78, 5) is 11.1. The van der Waals surface area contributed by atoms with Gasteiger partial charge in [0.1, 0.15) is 0 Å². The molecule has 0 aliphatic heterocycles. The van der Waals surface area contributed by atoms with Gasteiger partial charge in [0.25, 0.3) is 0 Å². The van der Waals surface area contributed by atoms with E-state index in [-0.39, 0.29) is 6.07 Å². The van der Waals surface area contributed by atoms with Gasteiger partial charge in [-0.25, -0.2) is 10.9 Å². The summed E-state index contributed by atoms with van der Waals surface area (Å²) in [5, 5.41) is 7.25. The van der Waals surface area contributed by atoms with Crippen molar-refractivity contribution >= 4 is 36.5 Å². The van der Waals surface area contributed by atoms with Gasteiger partial charge in [-0.2, -0.15) is 26.3 Å². The van der Waals surface area contributed by atoms with Crippen LogP contribution in [0.25, 0.3) is 10.8 Å². The lowest BCUT2D eigenvalue weighted by molar-refractivity contribution is -0.139. The Hall–Kier alpha value is -1.92. The molecule has 24 heavy (non-hydrogen) atoms. The first-order chi connectivity index (χ1) is 10.9. The van der Waals surface area contributed by atoms with Crippen molar-refractivity contribution in [2.24, 2.45) is 0 Å². The predicted molar refractivity (Wildman–Crippen MR) is 75.0 cm³/mol. The van der Waals surface area contributed by atoms with Crippen LogP contribution in [0.5, 0.6) is 0 Å². The van der Waals surface area contributed by atoms with Crippen molar-refractivity contribution in [2.45, 2.75) is 12.4 Å². The van der Waals surface area contributed by atoms with Crippen LogP contribution in [-0.2, 0) is 18.5 Å². The SMILES string of the molecule is O=C(O)c1c(C(F)(F)F)cc2c(C(F)(F)F)cccc2c1I(=O)=O. The summed E-state index contributed by atoms with van der Waals surface area (Å²) in [6.45, 7) is 0. The first-order valence-corrected chi connectivity index (χ1v) is 8.72. The summed E-state index contributed by atoms with van der Waals surface area (Å²) in [5.74, 6) is -2.19. The Morgan fingerprint density at radius 3 is 1.88 bits per heavy atom. The van der Waals surface area contributed by atoms with Gasteiger partial charge in [-0.3, -0.25) is 0 Å². The van der Waals surface area contributed by atoms with Gasteiger partial charge in [-0.05, 0) is 17.5 Å². The number of benzene rings is 2. The summed E-state index contributed by atoms with van der Waals surface area (Å²) < 4.78 is 99.8. The van der Waals surface area contributed by atoms with Gasteiger partial charge >= 0.3 is 38.1 Å². The molecule has 0 fully saturated rings. The molecule has 0 unspecified atom stereocenters. The van der Waals surface area contributed by atoms with E-state index in [0.29, 0.717) is 6.07 Å². The highest BCUT2D eigenvalue weighted by molar-refractivity contribution is 14.2. The number of carbonyl (C=O) groups is 1. The summed E-state index contributed by atoms with van der Waals surface area (Å²) in [5.41, 5.74) is -4.99. The van der Waals surface area contributed by atoms with Crippen LogP contribution in [0, 0.1) is 3.57 Å². The molecule has 0 aliphatic rings. The topological polar surface area (TPSA) is 71.4 Å². The lowest BCUT2D eigenvalue weighted by Crippen LogP contribution is -2.16. The zero-order valence-electron chi connectivity index (χ0n) is 11.1. The minimum atomic E-state index is -5.35. The summed E-state index contributed by atoms with van der Waals surface area (Å²) in [7, 11) is 0. The van der Waals surface area contributed by atoms with Gasteiger partial charge in [-0.1, -0.05) is 12.1 Å². The smallest absolute Gasteiger partial charge is 0.417 e. The number of halogens is 7. The average molecular weight is 466 g/mol. The summed E-state index contributed by atoms with van der Waals surface area (Å²) in [6.07, 6.45) is -10.4. The molecule has 2 aromatic rings. The lowest BCUT2D eigenvalue weighted by atomic mass is 9.97. The van der Waals surface area contributed by atoms with Gasteiger partial charge in [0.2, 0.25) is 0 Å². The van der Waals surface area contributed by atoms with Crippen molar-refractivity contribution in [3.63, 3.8) is 0 Å². The number of alkyl halides is 6. The van der Waals surface area contributed by atoms with E-state index in [1.807, 2.05) is 0 Å². The number of aromatic carboxylic acids is 1. The standard InChI is InChI=1S/C13H5F6IO4/c14-12(15,16)7-3-1-2-5-6(7)4-8(13(17,18)19)9(11(21)22)10(5)20(23)24/h1-4H,(H,21,22). The van der Waals surface area contributed by atoms with Crippen LogP contribution in [0.15, 0.2) is 24.3 Å². The van der Waals surface area contributed by atoms with Crippen molar-refractivity contribution in [1.82, 2.24) is 0 Å². The maximum atomic E-state index is 13.1. The first-order valence-electron chi connectivity index (χ1n) is 5.88. The highest BCUT2D eigenvalue weighted by Crippen LogP contribution is 2.43. The third kappa shape index (κ3) is 3.16. The van der Waals surface area contributed by atoms with Crippen LogP contribution in [0.1, 0.15) is 21.5 Å². The molecule has 0 aliphatic carbocycles. The van der Waals surface area contributed by atoms with Crippen molar-refractivity contribution < 1.29 is 42.4 Å². The van der Waals surface area contributed by atoms with Crippen molar-refractivity contribution in [3.05, 3.63) is 44.5 Å². The van der Waals surface area contributed by atoms with E-state index in [1.54, 1.807) is 0 Å². The second-order valence-corrected chi connectivity index (χ2v) is 6.85. The molecular weight excluding hydrogens is 461 g/mol. The van der Waals surface area contributed by atoms with Crippen LogP contribution in [0.4, 0.5) is 26.3 Å². The van der Waals surface area contributed by atoms with Crippen LogP contribution in [0.3, 0.4) is 0 Å². The third-order valence-electron chi connectivity index (χ3n) is 3.10. The molecule has 0 spiro atoms. The van der Waals surface area contributed by atoms with Crippen LogP contribution >= 0.6 is 19.8 Å². The van der Waals surface area contributed by atoms with E-state index in [0.717, 1.165) is 12.1 Å². The summed E-state index contributed by atoms with van der Waals surface area (Å²) in [6, 6.07) is 2.14. The number of hydrogen-bond acceptors (Lipinski definition) is 3. The molecule has 0 radical (unpaired) electrons. The molecule has 0 atom stereocenters. The number of rotatable bonds is 2. The molecule has 130 valence electrons. The van der Waals surface area contributed by atoms with E-state index in [9.17, 15) is 37.3 Å². The first kappa shape index (κ1) is 18.4. The molecule has 0 amide bonds. The zero-order chi connectivity index (χ0) is 18.4. The Morgan fingerprint density at radius 1 is 0.917 bits per heavy atom. The Morgan fingerprint density at radius 2 is 1.46 bits per heavy atom. The van der Waals surface area contributed by atoms with Crippen LogP contribution < -0.4 is 0 Å². The van der Waals surface area contributed by atoms with Gasteiger partial charge < -0.3 is 5.11 Å². The fourth-order valence-electron chi connectivity index (χ4n) is 2.22. The lowest BCUT2D eigenvalue weighted by Gasteiger charge is -2.16. The molecule has 0 aromatic heterocycles. The van der Waals surface area contributed by atoms with E-state index in [1.165, 1.54) is 0 Å². The quantitative estimate of drug-likeness (QED) is 0.503. The number of hydrogen-bond donors (Lipinski definition) is 1. The highest BCUT2D eigenvalue weighted by atomic mass is 127. The van der Waals surface area contributed by atoms with E-state index >= 15 is 0 Å². The summed E-state index contributed by atoms with van der Waals surface area (Å²) >= 11 is -4.89. The van der Waals surface area contributed by atoms with Gasteiger partial charge in [0.15, 0.2) is 0 Å². The molecular formula is C13H5F6IO4. The second-order valence-electron chi connectivity index (χ2n) is 4.53. The van der Waals surface area contributed by atoms with Gasteiger partial charge in [-0.15, -0.1) is 0 Å². The Labute approximate surface area is 136 Å². The van der Waals surface area contributed by atoms with Crippen molar-refractivity contribution in [3.8, 4) is 0 Å². The van der Waals surface area contributed by atoms with Crippen molar-refractivity contribution in [1.29, 1.82) is 0 Å². The zero-order valence-corrected chi connectivity index (χ0v) is 13.3. The molecule has 1 N–H and O–H groups in total. The minimum absolute atomic E-state index is 0.0186. The van der Waals surface area contributed by atoms with Crippen LogP contribution in [-0.4, -0.2) is 11.1 Å². The molecule has 4 nitrogen and oxygen atoms in total. The maximum absolute atomic E-state index is 13.1. The Balaban J connectivity index is 3.18. The highest BCUT2D eigenvalue weighted by Gasteiger charge is 2.41. The molecule has 0 saturated carbocycles. The predicted octanol–water partition coefficient (Wildman–Crippen LogP) is 4.94. The van der Waals surface area contributed by atoms with E-state index in [4.69, 9.17) is 5.11 Å². The van der Waals surface area contributed by atoms with E-state index in [2.05, 4.69) is 0 Å². The third-order valence-corrected chi connectivity index (χ3v) is 5.10. The maximum Gasteiger partial charge on any atom is 0.417 e. The van der Waals surface area contributed by atoms with Crippen molar-refractivity contribution in [2.75, 3.05) is 0 Å². The van der Waals surface area contributed by atoms with Gasteiger partial charge in [0.05, 0.1) is 20.3 Å². The normalized spacial score (nSPS) is 12.8. The Bertz CT molecular complexity index is 903. The Kier molecular flexibility index (Phi) is 4.50. The van der Waals surface area contributed by atoms with E-state index < -0.39 is 69.1 Å². The number of carboxylic acid groups (broad SMARTS) is 1. The average Bonchev–Trinajstić information content (AvgIpc) is 2.41. The molecule has 0 heterocycles. The largest absolute Gasteiger partial charge is 0.478 e. The molecule has 11 heteroatoms. The molecule has 2 rings (SSSR count). The molecule has 2 aromatic carbocycles. The number of carboxylic acids is 1. The van der Waals surface area contributed by atoms with Crippen LogP contribution in [0.2, 0.25) is 0 Å². The fourth-order valence-corrected chi connectivity index (χ4v) is 4.13. The number of fused-ring (bicyclic) bond motifs is 1. The minimum Gasteiger partial charge on any atom is -0.478 e. The fraction of sp³-hybridized carbons (Fsp3) is 0.154. The monoisotopic (exact) mass is 466 g/mol. The van der Waals surface area contributed by atoms with Gasteiger partial charge in [0, 0.05) is 5.39 Å². The second kappa shape index (κ2) is 5.86. The molecule has 0 saturated heterocycles. The molecule has 0 bridgehead atoms.